The first-order valence-electron chi connectivity index (χ1n) is 11.2. The summed E-state index contributed by atoms with van der Waals surface area (Å²) in [5.41, 5.74) is 0.879. The molecule has 3 atom stereocenters. The minimum absolute atomic E-state index is 0.0282. The largest absolute Gasteiger partial charge is 0.506 e. The molecule has 0 fully saturated rings. The van der Waals surface area contributed by atoms with Gasteiger partial charge in [-0.25, -0.2) is 0 Å². The first-order valence-corrected chi connectivity index (χ1v) is 11.2. The molecule has 1 aliphatic heterocycles. The lowest BCUT2D eigenvalue weighted by molar-refractivity contribution is -0.165. The molecule has 0 aliphatic carbocycles. The summed E-state index contributed by atoms with van der Waals surface area (Å²) in [6.45, 7) is 2.11. The SMILES string of the molecule is CCO[C@@H]1OC(C(=O)Nc2ccccc2O)=C[C@H](c2coc3ccccc3c2=O)[C@H]1CCCO. The Labute approximate surface area is 196 Å². The van der Waals surface area contributed by atoms with Crippen molar-refractivity contribution in [2.75, 3.05) is 18.5 Å². The Hall–Kier alpha value is -3.62. The third kappa shape index (κ3) is 4.83. The van der Waals surface area contributed by atoms with E-state index in [0.717, 1.165) is 0 Å². The number of carbonyl (C=O) groups is 1. The van der Waals surface area contributed by atoms with Crippen LogP contribution in [-0.4, -0.2) is 35.6 Å². The number of anilines is 1. The molecule has 1 aliphatic rings. The number of aliphatic hydroxyl groups excluding tert-OH is 1. The summed E-state index contributed by atoms with van der Waals surface area (Å²) in [4.78, 5) is 26.4. The fourth-order valence-electron chi connectivity index (χ4n) is 4.21. The zero-order valence-corrected chi connectivity index (χ0v) is 18.8. The predicted octanol–water partition coefficient (Wildman–Crippen LogP) is 3.89. The summed E-state index contributed by atoms with van der Waals surface area (Å²) in [5, 5.41) is 22.5. The van der Waals surface area contributed by atoms with E-state index in [9.17, 15) is 19.8 Å². The molecule has 0 spiro atoms. The Morgan fingerprint density at radius 3 is 2.68 bits per heavy atom. The second kappa shape index (κ2) is 10.5. The molecule has 2 aromatic carbocycles. The van der Waals surface area contributed by atoms with E-state index in [-0.39, 0.29) is 35.1 Å². The Kier molecular flexibility index (Phi) is 7.30. The molecule has 0 bridgehead atoms. The Bertz CT molecular complexity index is 1250. The molecule has 4 rings (SSSR count). The zero-order valence-electron chi connectivity index (χ0n) is 18.8. The molecule has 34 heavy (non-hydrogen) atoms. The quantitative estimate of drug-likeness (QED) is 0.432. The number of fused-ring (bicyclic) bond motifs is 1. The number of allylic oxidation sites excluding steroid dienone is 1. The highest BCUT2D eigenvalue weighted by atomic mass is 16.7. The third-order valence-electron chi connectivity index (χ3n) is 5.85. The summed E-state index contributed by atoms with van der Waals surface area (Å²) in [7, 11) is 0. The van der Waals surface area contributed by atoms with E-state index in [1.807, 2.05) is 6.92 Å². The molecule has 3 aromatic rings. The lowest BCUT2D eigenvalue weighted by Gasteiger charge is -2.36. The molecule has 0 saturated carbocycles. The number of hydrogen-bond donors (Lipinski definition) is 3. The molecule has 1 amide bonds. The topological polar surface area (TPSA) is 118 Å². The second-order valence-corrected chi connectivity index (χ2v) is 8.02. The minimum atomic E-state index is -0.817. The number of aliphatic hydroxyl groups is 1. The number of ether oxygens (including phenoxy) is 2. The highest BCUT2D eigenvalue weighted by Crippen LogP contribution is 2.39. The lowest BCUT2D eigenvalue weighted by Crippen LogP contribution is -2.38. The van der Waals surface area contributed by atoms with Crippen molar-refractivity contribution in [3.63, 3.8) is 0 Å². The number of amides is 1. The molecule has 3 N–H and O–H groups in total. The smallest absolute Gasteiger partial charge is 0.290 e. The molecule has 0 unspecified atom stereocenters. The molecular weight excluding hydrogens is 438 g/mol. The van der Waals surface area contributed by atoms with Crippen molar-refractivity contribution in [3.8, 4) is 5.75 Å². The first kappa shape index (κ1) is 23.5. The van der Waals surface area contributed by atoms with Gasteiger partial charge in [-0.1, -0.05) is 24.3 Å². The Morgan fingerprint density at radius 1 is 1.15 bits per heavy atom. The molecule has 0 saturated heterocycles. The number of nitrogens with one attached hydrogen (secondary N) is 1. The van der Waals surface area contributed by atoms with E-state index in [0.29, 0.717) is 36.0 Å². The van der Waals surface area contributed by atoms with Crippen molar-refractivity contribution in [1.82, 2.24) is 0 Å². The van der Waals surface area contributed by atoms with Gasteiger partial charge in [-0.05, 0) is 50.1 Å². The highest BCUT2D eigenvalue weighted by molar-refractivity contribution is 6.03. The van der Waals surface area contributed by atoms with Gasteiger partial charge in [0.2, 0.25) is 6.29 Å². The van der Waals surface area contributed by atoms with Crippen LogP contribution < -0.4 is 10.7 Å². The van der Waals surface area contributed by atoms with E-state index in [2.05, 4.69) is 5.32 Å². The molecule has 178 valence electrons. The summed E-state index contributed by atoms with van der Waals surface area (Å²) in [6, 6.07) is 13.3. The number of aromatic hydroxyl groups is 1. The van der Waals surface area contributed by atoms with Crippen LogP contribution in [0.2, 0.25) is 0 Å². The summed E-state index contributed by atoms with van der Waals surface area (Å²) < 4.78 is 17.5. The number of hydrogen-bond acceptors (Lipinski definition) is 7. The lowest BCUT2D eigenvalue weighted by atomic mass is 9.81. The van der Waals surface area contributed by atoms with Gasteiger partial charge in [-0.2, -0.15) is 0 Å². The van der Waals surface area contributed by atoms with Crippen molar-refractivity contribution in [1.29, 1.82) is 0 Å². The fourth-order valence-corrected chi connectivity index (χ4v) is 4.21. The van der Waals surface area contributed by atoms with Crippen LogP contribution in [0.15, 0.2) is 75.8 Å². The van der Waals surface area contributed by atoms with Crippen molar-refractivity contribution in [2.24, 2.45) is 5.92 Å². The fraction of sp³-hybridized carbons (Fsp3) is 0.308. The standard InChI is InChI=1S/C26H27NO7/c1-2-32-26-16(9-7-13-28)18(19-15-33-22-12-6-3-8-17(22)24(19)30)14-23(34-26)25(31)27-20-10-4-5-11-21(20)29/h3-6,8,10-12,14-16,18,26,28-29H,2,7,9,13H2,1H3,(H,27,31)/t16-,18+,26-/m1/s1. The van der Waals surface area contributed by atoms with Gasteiger partial charge < -0.3 is 29.4 Å². The maximum atomic E-state index is 13.4. The van der Waals surface area contributed by atoms with Gasteiger partial charge in [0.25, 0.3) is 5.91 Å². The normalized spacial score (nSPS) is 19.9. The summed E-state index contributed by atoms with van der Waals surface area (Å²) in [5.74, 6) is -1.58. The molecule has 2 heterocycles. The summed E-state index contributed by atoms with van der Waals surface area (Å²) in [6.07, 6.45) is 3.17. The van der Waals surface area contributed by atoms with Gasteiger partial charge in [0, 0.05) is 30.6 Å². The van der Waals surface area contributed by atoms with Gasteiger partial charge in [-0.15, -0.1) is 0 Å². The highest BCUT2D eigenvalue weighted by Gasteiger charge is 2.39. The van der Waals surface area contributed by atoms with Gasteiger partial charge in [0.15, 0.2) is 11.2 Å². The van der Waals surface area contributed by atoms with Gasteiger partial charge in [-0.3, -0.25) is 9.59 Å². The van der Waals surface area contributed by atoms with Crippen LogP contribution in [0.25, 0.3) is 11.0 Å². The van der Waals surface area contributed by atoms with Gasteiger partial charge in [0.05, 0.1) is 17.3 Å². The van der Waals surface area contributed by atoms with Crippen molar-refractivity contribution >= 4 is 22.6 Å². The van der Waals surface area contributed by atoms with Crippen molar-refractivity contribution < 1.29 is 28.9 Å². The second-order valence-electron chi connectivity index (χ2n) is 8.02. The van der Waals surface area contributed by atoms with Crippen LogP contribution >= 0.6 is 0 Å². The molecule has 8 heteroatoms. The minimum Gasteiger partial charge on any atom is -0.506 e. The first-order chi connectivity index (χ1) is 16.5. The average molecular weight is 466 g/mol. The number of para-hydroxylation sites is 3. The van der Waals surface area contributed by atoms with Crippen molar-refractivity contribution in [2.45, 2.75) is 32.0 Å². The van der Waals surface area contributed by atoms with E-state index in [1.54, 1.807) is 48.5 Å². The number of rotatable bonds is 8. The maximum Gasteiger partial charge on any atom is 0.290 e. The van der Waals surface area contributed by atoms with E-state index in [4.69, 9.17) is 13.9 Å². The van der Waals surface area contributed by atoms with Crippen LogP contribution in [0.4, 0.5) is 5.69 Å². The predicted molar refractivity (Wildman–Crippen MR) is 126 cm³/mol. The van der Waals surface area contributed by atoms with Crippen LogP contribution in [0.3, 0.4) is 0 Å². The average Bonchev–Trinajstić information content (AvgIpc) is 2.85. The zero-order chi connectivity index (χ0) is 24.1. The monoisotopic (exact) mass is 465 g/mol. The van der Waals surface area contributed by atoms with Crippen LogP contribution in [0.1, 0.15) is 31.2 Å². The van der Waals surface area contributed by atoms with E-state index in [1.165, 1.54) is 12.3 Å². The van der Waals surface area contributed by atoms with Crippen LogP contribution in [0, 0.1) is 5.92 Å². The number of carbonyl (C=O) groups excluding carboxylic acids is 1. The molecular formula is C26H27NO7. The maximum absolute atomic E-state index is 13.4. The van der Waals surface area contributed by atoms with Crippen LogP contribution in [0.5, 0.6) is 5.75 Å². The van der Waals surface area contributed by atoms with Crippen molar-refractivity contribution in [3.05, 3.63) is 82.4 Å². The molecule has 1 aromatic heterocycles. The third-order valence-corrected chi connectivity index (χ3v) is 5.85. The summed E-state index contributed by atoms with van der Waals surface area (Å²) >= 11 is 0. The van der Waals surface area contributed by atoms with E-state index < -0.39 is 18.1 Å². The van der Waals surface area contributed by atoms with Gasteiger partial charge >= 0.3 is 0 Å². The Balaban J connectivity index is 1.77. The molecule has 0 radical (unpaired) electrons. The van der Waals surface area contributed by atoms with Gasteiger partial charge in [0.1, 0.15) is 11.3 Å². The Morgan fingerprint density at radius 2 is 1.91 bits per heavy atom. The van der Waals surface area contributed by atoms with Crippen LogP contribution in [-0.2, 0) is 14.3 Å². The number of benzene rings is 2. The number of phenols is 1. The van der Waals surface area contributed by atoms with E-state index >= 15 is 0 Å². The molecule has 8 nitrogen and oxygen atoms in total. The number of phenolic OH excluding ortho intramolecular Hbond substituents is 1.